The molecule has 168 valence electrons. The van der Waals surface area contributed by atoms with Crippen LogP contribution in [0.3, 0.4) is 0 Å². The Balaban J connectivity index is 2.37. The first-order chi connectivity index (χ1) is 14.5. The summed E-state index contributed by atoms with van der Waals surface area (Å²) in [5, 5.41) is 2.31. The van der Waals surface area contributed by atoms with Crippen molar-refractivity contribution in [2.45, 2.75) is 13.8 Å². The quantitative estimate of drug-likeness (QED) is 0.259. The molecule has 0 aliphatic heterocycles. The van der Waals surface area contributed by atoms with Gasteiger partial charge in [-0.2, -0.15) is 0 Å². The standard InChI is InChI=1S/C19H23F2N5O4S/c1-10(2)9-31(28,29)26-15-6-5-14(20)16(17(15)21)19(27)24-12-7-13(11(3)30-4)18(25-22)23-8-12/h5-8,10,26H,3,9,22H2,1-2,4H3,(H,23,25)(H,24,27). The fraction of sp³-hybridized carbons (Fsp3) is 0.263. The number of benzene rings is 1. The molecule has 0 radical (unpaired) electrons. The summed E-state index contributed by atoms with van der Waals surface area (Å²) in [5.74, 6) is 1.58. The molecule has 5 N–H and O–H groups in total. The lowest BCUT2D eigenvalue weighted by molar-refractivity contribution is 0.101. The zero-order chi connectivity index (χ0) is 23.3. The van der Waals surface area contributed by atoms with Crippen molar-refractivity contribution in [1.82, 2.24) is 4.98 Å². The molecule has 1 aromatic carbocycles. The van der Waals surface area contributed by atoms with E-state index < -0.39 is 38.8 Å². The molecule has 0 saturated heterocycles. The third-order valence-electron chi connectivity index (χ3n) is 3.97. The first-order valence-corrected chi connectivity index (χ1v) is 10.6. The molecule has 0 atom stereocenters. The van der Waals surface area contributed by atoms with E-state index in [1.54, 1.807) is 13.8 Å². The molecule has 1 heterocycles. The summed E-state index contributed by atoms with van der Waals surface area (Å²) in [7, 11) is -2.53. The molecule has 2 aromatic rings. The monoisotopic (exact) mass is 455 g/mol. The van der Waals surface area contributed by atoms with Gasteiger partial charge in [0.25, 0.3) is 5.91 Å². The van der Waals surface area contributed by atoms with Crippen LogP contribution >= 0.6 is 0 Å². The summed E-state index contributed by atoms with van der Waals surface area (Å²) in [6.45, 7) is 7.01. The zero-order valence-electron chi connectivity index (χ0n) is 17.1. The van der Waals surface area contributed by atoms with Crippen LogP contribution in [0.15, 0.2) is 31.0 Å². The molecule has 0 unspecified atom stereocenters. The predicted octanol–water partition coefficient (Wildman–Crippen LogP) is 2.91. The predicted molar refractivity (Wildman–Crippen MR) is 115 cm³/mol. The number of pyridine rings is 1. The number of nitrogens with zero attached hydrogens (tertiary/aromatic N) is 1. The summed E-state index contributed by atoms with van der Waals surface area (Å²) in [6, 6.07) is 3.09. The Morgan fingerprint density at radius 3 is 2.58 bits per heavy atom. The van der Waals surface area contributed by atoms with Crippen molar-refractivity contribution in [2.75, 3.05) is 28.3 Å². The second-order valence-electron chi connectivity index (χ2n) is 6.91. The van der Waals surface area contributed by atoms with Crippen LogP contribution in [-0.4, -0.2) is 32.2 Å². The van der Waals surface area contributed by atoms with Gasteiger partial charge in [0.2, 0.25) is 10.0 Å². The molecule has 31 heavy (non-hydrogen) atoms. The van der Waals surface area contributed by atoms with E-state index in [4.69, 9.17) is 10.6 Å². The minimum absolute atomic E-state index is 0.0711. The smallest absolute Gasteiger partial charge is 0.261 e. The van der Waals surface area contributed by atoms with E-state index in [0.717, 1.165) is 12.1 Å². The van der Waals surface area contributed by atoms with E-state index in [0.29, 0.717) is 5.56 Å². The van der Waals surface area contributed by atoms with Gasteiger partial charge in [-0.15, -0.1) is 0 Å². The van der Waals surface area contributed by atoms with Gasteiger partial charge in [0.15, 0.2) is 11.6 Å². The highest BCUT2D eigenvalue weighted by molar-refractivity contribution is 7.92. The molecule has 2 rings (SSSR count). The molecule has 0 fully saturated rings. The van der Waals surface area contributed by atoms with Crippen LogP contribution in [0.1, 0.15) is 29.8 Å². The number of sulfonamides is 1. The van der Waals surface area contributed by atoms with Gasteiger partial charge in [-0.25, -0.2) is 28.0 Å². The van der Waals surface area contributed by atoms with E-state index in [1.165, 1.54) is 19.4 Å². The third kappa shape index (κ3) is 5.89. The maximum atomic E-state index is 14.8. The van der Waals surface area contributed by atoms with Crippen LogP contribution in [-0.2, 0) is 14.8 Å². The summed E-state index contributed by atoms with van der Waals surface area (Å²) in [6.07, 6.45) is 1.20. The van der Waals surface area contributed by atoms with Gasteiger partial charge in [0.05, 0.1) is 36.0 Å². The molecule has 9 nitrogen and oxygen atoms in total. The number of carbonyl (C=O) groups is 1. The van der Waals surface area contributed by atoms with Crippen LogP contribution < -0.4 is 21.3 Å². The number of halogens is 2. The van der Waals surface area contributed by atoms with E-state index >= 15 is 0 Å². The molecule has 1 aromatic heterocycles. The lowest BCUT2D eigenvalue weighted by Gasteiger charge is -2.14. The number of aromatic nitrogens is 1. The van der Waals surface area contributed by atoms with Crippen LogP contribution in [0.2, 0.25) is 0 Å². The molecule has 0 spiro atoms. The average Bonchev–Trinajstić information content (AvgIpc) is 2.68. The minimum Gasteiger partial charge on any atom is -0.497 e. The van der Waals surface area contributed by atoms with Crippen molar-refractivity contribution in [2.24, 2.45) is 11.8 Å². The number of rotatable bonds is 9. The Kier molecular flexibility index (Phi) is 7.52. The van der Waals surface area contributed by atoms with Gasteiger partial charge in [0, 0.05) is 0 Å². The number of hydrogen-bond acceptors (Lipinski definition) is 7. The van der Waals surface area contributed by atoms with Gasteiger partial charge in [0.1, 0.15) is 17.1 Å². The Morgan fingerprint density at radius 2 is 2.00 bits per heavy atom. The number of hydrazine groups is 1. The van der Waals surface area contributed by atoms with Crippen molar-refractivity contribution in [3.63, 3.8) is 0 Å². The molecule has 1 amide bonds. The molecule has 0 aliphatic carbocycles. The SMILES string of the molecule is C=C(OC)c1cc(NC(=O)c2c(F)ccc(NS(=O)(=O)CC(C)C)c2F)cnc1NN. The van der Waals surface area contributed by atoms with Crippen molar-refractivity contribution in [3.05, 3.63) is 53.7 Å². The van der Waals surface area contributed by atoms with Crippen LogP contribution in [0, 0.1) is 17.6 Å². The second kappa shape index (κ2) is 9.71. The fourth-order valence-electron chi connectivity index (χ4n) is 2.65. The summed E-state index contributed by atoms with van der Waals surface area (Å²) in [5.41, 5.74) is 1.21. The Morgan fingerprint density at radius 1 is 1.32 bits per heavy atom. The fourth-order valence-corrected chi connectivity index (χ4v) is 4.11. The van der Waals surface area contributed by atoms with Crippen LogP contribution in [0.25, 0.3) is 5.76 Å². The van der Waals surface area contributed by atoms with Crippen LogP contribution in [0.5, 0.6) is 0 Å². The highest BCUT2D eigenvalue weighted by Gasteiger charge is 2.24. The zero-order valence-corrected chi connectivity index (χ0v) is 17.9. The molecule has 0 aliphatic rings. The minimum atomic E-state index is -3.89. The average molecular weight is 455 g/mol. The van der Waals surface area contributed by atoms with Gasteiger partial charge >= 0.3 is 0 Å². The van der Waals surface area contributed by atoms with E-state index in [1.807, 2.05) is 4.72 Å². The largest absolute Gasteiger partial charge is 0.497 e. The number of nitrogen functional groups attached to an aromatic ring is 1. The number of hydrogen-bond donors (Lipinski definition) is 4. The number of ether oxygens (including phenoxy) is 1. The van der Waals surface area contributed by atoms with E-state index in [2.05, 4.69) is 22.3 Å². The Hall–Kier alpha value is -3.25. The number of nitrogens with two attached hydrogens (primary N) is 1. The molecular formula is C19H23F2N5O4S. The van der Waals surface area contributed by atoms with Crippen molar-refractivity contribution >= 4 is 38.9 Å². The van der Waals surface area contributed by atoms with E-state index in [-0.39, 0.29) is 28.9 Å². The van der Waals surface area contributed by atoms with Crippen molar-refractivity contribution < 1.29 is 26.7 Å². The van der Waals surface area contributed by atoms with E-state index in [9.17, 15) is 22.0 Å². The van der Waals surface area contributed by atoms with Crippen molar-refractivity contribution in [3.8, 4) is 0 Å². The first-order valence-electron chi connectivity index (χ1n) is 8.98. The summed E-state index contributed by atoms with van der Waals surface area (Å²) < 4.78 is 60.3. The van der Waals surface area contributed by atoms with Gasteiger partial charge in [-0.05, 0) is 24.1 Å². The second-order valence-corrected chi connectivity index (χ2v) is 8.67. The molecule has 12 heteroatoms. The maximum Gasteiger partial charge on any atom is 0.261 e. The number of amides is 1. The Labute approximate surface area is 178 Å². The van der Waals surface area contributed by atoms with Gasteiger partial charge in [-0.1, -0.05) is 20.4 Å². The highest BCUT2D eigenvalue weighted by Crippen LogP contribution is 2.26. The number of methoxy groups -OCH3 is 1. The normalized spacial score (nSPS) is 11.2. The van der Waals surface area contributed by atoms with Crippen LogP contribution in [0.4, 0.5) is 26.0 Å². The third-order valence-corrected chi connectivity index (χ3v) is 5.60. The lowest BCUT2D eigenvalue weighted by atomic mass is 10.1. The lowest BCUT2D eigenvalue weighted by Crippen LogP contribution is -2.22. The Bertz CT molecular complexity index is 1110. The van der Waals surface area contributed by atoms with Gasteiger partial charge < -0.3 is 15.5 Å². The molecule has 0 saturated carbocycles. The summed E-state index contributed by atoms with van der Waals surface area (Å²) >= 11 is 0. The topological polar surface area (TPSA) is 135 Å². The number of anilines is 3. The summed E-state index contributed by atoms with van der Waals surface area (Å²) in [4.78, 5) is 16.5. The van der Waals surface area contributed by atoms with Crippen molar-refractivity contribution in [1.29, 1.82) is 0 Å². The molecular weight excluding hydrogens is 432 g/mol. The molecule has 0 bridgehead atoms. The first kappa shape index (κ1) is 24.0. The number of carbonyl (C=O) groups excluding carboxylic acids is 1. The van der Waals surface area contributed by atoms with Gasteiger partial charge in [-0.3, -0.25) is 9.52 Å². The maximum absolute atomic E-state index is 14.8. The number of nitrogens with one attached hydrogen (secondary N) is 3. The highest BCUT2D eigenvalue weighted by atomic mass is 32.2.